The molecule has 0 atom stereocenters. The second kappa shape index (κ2) is 8.94. The lowest BCUT2D eigenvalue weighted by Gasteiger charge is -2.14. The molecule has 5 aromatic rings. The highest BCUT2D eigenvalue weighted by Gasteiger charge is 2.13. The van der Waals surface area contributed by atoms with Crippen LogP contribution in [0.2, 0.25) is 0 Å². The average Bonchev–Trinajstić information content (AvgIpc) is 3.22. The van der Waals surface area contributed by atoms with Crippen molar-refractivity contribution in [1.29, 1.82) is 0 Å². The zero-order valence-electron chi connectivity index (χ0n) is 19.5. The van der Waals surface area contributed by atoms with Crippen LogP contribution in [0.4, 0.5) is 11.4 Å². The molecule has 168 valence electrons. The molecule has 0 aliphatic rings. The van der Waals surface area contributed by atoms with E-state index in [1.807, 2.05) is 67.2 Å². The fraction of sp³-hybridized carbons (Fsp3) is 0.138. The summed E-state index contributed by atoms with van der Waals surface area (Å²) >= 11 is 0. The number of nitrogens with one attached hydrogen (secondary N) is 1. The summed E-state index contributed by atoms with van der Waals surface area (Å²) in [5, 5.41) is 4.66. The van der Waals surface area contributed by atoms with Gasteiger partial charge in [-0.2, -0.15) is 0 Å². The first-order chi connectivity index (χ1) is 16.5. The summed E-state index contributed by atoms with van der Waals surface area (Å²) in [7, 11) is 2.00. The Labute approximate surface area is 199 Å². The molecule has 0 radical (unpaired) electrons. The van der Waals surface area contributed by atoms with Crippen LogP contribution < -0.4 is 5.32 Å². The summed E-state index contributed by atoms with van der Waals surface area (Å²) in [5.74, 6) is 0.118. The molecular weight excluding hydrogens is 420 g/mol. The van der Waals surface area contributed by atoms with Crippen molar-refractivity contribution in [1.82, 2.24) is 14.5 Å². The highest BCUT2D eigenvalue weighted by atomic mass is 16.1. The highest BCUT2D eigenvalue weighted by molar-refractivity contribution is 5.98. The number of rotatable bonds is 6. The van der Waals surface area contributed by atoms with Gasteiger partial charge in [-0.3, -0.25) is 9.78 Å². The summed E-state index contributed by atoms with van der Waals surface area (Å²) < 4.78 is 2.02. The van der Waals surface area contributed by atoms with Gasteiger partial charge in [0.15, 0.2) is 5.78 Å². The van der Waals surface area contributed by atoms with Gasteiger partial charge >= 0.3 is 0 Å². The van der Waals surface area contributed by atoms with Crippen LogP contribution in [0.25, 0.3) is 22.3 Å². The largest absolute Gasteiger partial charge is 0.355 e. The fourth-order valence-corrected chi connectivity index (χ4v) is 4.17. The Bertz CT molecular complexity index is 1500. The van der Waals surface area contributed by atoms with Crippen LogP contribution in [0, 0.1) is 13.8 Å². The SMILES string of the molecule is Cc1cccc(C(=O)Cc2ccc(C)c(Nc3cc(-c4ccncc4)nc4c3ccn4C)c2)c1. The zero-order chi connectivity index (χ0) is 23.7. The topological polar surface area (TPSA) is 59.8 Å². The van der Waals surface area contributed by atoms with E-state index in [9.17, 15) is 4.79 Å². The Kier molecular flexibility index (Phi) is 5.68. The average molecular weight is 447 g/mol. The third-order valence-electron chi connectivity index (χ3n) is 6.09. The number of hydrogen-bond acceptors (Lipinski definition) is 4. The van der Waals surface area contributed by atoms with E-state index in [0.29, 0.717) is 6.42 Å². The Balaban J connectivity index is 1.50. The molecule has 0 amide bonds. The number of hydrogen-bond donors (Lipinski definition) is 1. The summed E-state index contributed by atoms with van der Waals surface area (Å²) in [6.07, 6.45) is 5.93. The number of nitrogens with zero attached hydrogens (tertiary/aromatic N) is 3. The first-order valence-corrected chi connectivity index (χ1v) is 11.3. The molecule has 0 bridgehead atoms. The van der Waals surface area contributed by atoms with E-state index in [1.54, 1.807) is 12.4 Å². The molecule has 1 N–H and O–H groups in total. The molecule has 5 rings (SSSR count). The van der Waals surface area contributed by atoms with Crippen molar-refractivity contribution in [2.45, 2.75) is 20.3 Å². The molecule has 0 unspecified atom stereocenters. The lowest BCUT2D eigenvalue weighted by molar-refractivity contribution is 0.0993. The normalized spacial score (nSPS) is 11.0. The number of fused-ring (bicyclic) bond motifs is 1. The van der Waals surface area contributed by atoms with Crippen LogP contribution in [-0.2, 0) is 13.5 Å². The van der Waals surface area contributed by atoms with Gasteiger partial charge in [-0.15, -0.1) is 0 Å². The number of ketones is 1. The van der Waals surface area contributed by atoms with Crippen LogP contribution in [0.5, 0.6) is 0 Å². The van der Waals surface area contributed by atoms with E-state index in [-0.39, 0.29) is 5.78 Å². The van der Waals surface area contributed by atoms with E-state index in [0.717, 1.165) is 55.9 Å². The molecule has 5 nitrogen and oxygen atoms in total. The Morgan fingerprint density at radius 1 is 0.941 bits per heavy atom. The number of benzene rings is 2. The van der Waals surface area contributed by atoms with Gasteiger partial charge in [0.05, 0.1) is 11.4 Å². The van der Waals surface area contributed by atoms with E-state index >= 15 is 0 Å². The quantitative estimate of drug-likeness (QED) is 0.306. The summed E-state index contributed by atoms with van der Waals surface area (Å²) in [6.45, 7) is 4.07. The van der Waals surface area contributed by atoms with Crippen LogP contribution >= 0.6 is 0 Å². The van der Waals surface area contributed by atoms with Crippen molar-refractivity contribution in [2.24, 2.45) is 7.05 Å². The second-order valence-corrected chi connectivity index (χ2v) is 8.70. The van der Waals surface area contributed by atoms with Gasteiger partial charge in [0.2, 0.25) is 0 Å². The lowest BCUT2D eigenvalue weighted by atomic mass is 10.00. The molecule has 0 aliphatic carbocycles. The first-order valence-electron chi connectivity index (χ1n) is 11.3. The van der Waals surface area contributed by atoms with E-state index in [4.69, 9.17) is 4.98 Å². The predicted molar refractivity (Wildman–Crippen MR) is 138 cm³/mol. The Morgan fingerprint density at radius 3 is 2.56 bits per heavy atom. The maximum Gasteiger partial charge on any atom is 0.167 e. The molecule has 3 heterocycles. The van der Waals surface area contributed by atoms with Gasteiger partial charge in [0.25, 0.3) is 0 Å². The number of anilines is 2. The van der Waals surface area contributed by atoms with Gasteiger partial charge in [-0.1, -0.05) is 35.9 Å². The molecule has 0 spiro atoms. The molecule has 34 heavy (non-hydrogen) atoms. The van der Waals surface area contributed by atoms with E-state index in [2.05, 4.69) is 41.5 Å². The second-order valence-electron chi connectivity index (χ2n) is 8.70. The van der Waals surface area contributed by atoms with Crippen molar-refractivity contribution in [3.05, 3.63) is 108 Å². The van der Waals surface area contributed by atoms with Crippen molar-refractivity contribution in [3.8, 4) is 11.3 Å². The first kappa shape index (κ1) is 21.6. The van der Waals surface area contributed by atoms with E-state index < -0.39 is 0 Å². The number of pyridine rings is 2. The summed E-state index contributed by atoms with van der Waals surface area (Å²) in [5.41, 5.74) is 8.67. The number of aromatic nitrogens is 3. The monoisotopic (exact) mass is 446 g/mol. The molecule has 0 saturated heterocycles. The highest BCUT2D eigenvalue weighted by Crippen LogP contribution is 2.32. The molecule has 0 aliphatic heterocycles. The minimum atomic E-state index is 0.118. The van der Waals surface area contributed by atoms with Gasteiger partial charge in [-0.25, -0.2) is 4.98 Å². The Hall–Kier alpha value is -4.25. The lowest BCUT2D eigenvalue weighted by Crippen LogP contribution is -2.05. The van der Waals surface area contributed by atoms with Crippen molar-refractivity contribution >= 4 is 28.2 Å². The predicted octanol–water partition coefficient (Wildman–Crippen LogP) is 6.42. The third kappa shape index (κ3) is 4.33. The smallest absolute Gasteiger partial charge is 0.167 e. The number of Topliss-reactive ketones (excluding diaryl/α,β-unsaturated/α-hetero) is 1. The standard InChI is InChI=1S/C29H26N4O/c1-19-5-4-6-23(15-19)28(34)17-21-8-7-20(2)25(16-21)31-27-18-26(22-9-12-30-13-10-22)32-29-24(27)11-14-33(29)3/h4-16,18H,17H2,1-3H3,(H,31,32). The van der Waals surface area contributed by atoms with Crippen LogP contribution in [0.1, 0.15) is 27.0 Å². The van der Waals surface area contributed by atoms with Crippen molar-refractivity contribution < 1.29 is 4.79 Å². The summed E-state index contributed by atoms with van der Waals surface area (Å²) in [4.78, 5) is 21.9. The Morgan fingerprint density at radius 2 is 1.76 bits per heavy atom. The van der Waals surface area contributed by atoms with Crippen molar-refractivity contribution in [2.75, 3.05) is 5.32 Å². The minimum Gasteiger partial charge on any atom is -0.355 e. The molecule has 0 fully saturated rings. The van der Waals surface area contributed by atoms with Crippen LogP contribution in [0.15, 0.2) is 85.3 Å². The molecular formula is C29H26N4O. The fourth-order valence-electron chi connectivity index (χ4n) is 4.17. The van der Waals surface area contributed by atoms with Crippen LogP contribution in [0.3, 0.4) is 0 Å². The zero-order valence-corrected chi connectivity index (χ0v) is 19.5. The molecule has 0 saturated carbocycles. The molecule has 2 aromatic carbocycles. The van der Waals surface area contributed by atoms with Gasteiger partial charge in [0, 0.05) is 54.3 Å². The van der Waals surface area contributed by atoms with E-state index in [1.165, 1.54) is 0 Å². The van der Waals surface area contributed by atoms with Gasteiger partial charge < -0.3 is 9.88 Å². The van der Waals surface area contributed by atoms with Crippen molar-refractivity contribution in [3.63, 3.8) is 0 Å². The maximum atomic E-state index is 12.9. The molecule has 3 aromatic heterocycles. The van der Waals surface area contributed by atoms with Gasteiger partial charge in [-0.05, 0) is 61.4 Å². The maximum absolute atomic E-state index is 12.9. The number of aryl methyl sites for hydroxylation is 3. The summed E-state index contributed by atoms with van der Waals surface area (Å²) in [6, 6.07) is 22.0. The molecule has 5 heteroatoms. The number of carbonyl (C=O) groups is 1. The minimum absolute atomic E-state index is 0.118. The number of carbonyl (C=O) groups excluding carboxylic acids is 1. The van der Waals surface area contributed by atoms with Crippen LogP contribution in [-0.4, -0.2) is 20.3 Å². The van der Waals surface area contributed by atoms with Gasteiger partial charge in [0.1, 0.15) is 5.65 Å². The third-order valence-corrected chi connectivity index (χ3v) is 6.09.